The monoisotopic (exact) mass is 376 g/mol. The number of hydrogen-bond acceptors (Lipinski definition) is 7. The molecule has 134 valence electrons. The van der Waals surface area contributed by atoms with E-state index in [9.17, 15) is 5.11 Å². The summed E-state index contributed by atoms with van der Waals surface area (Å²) in [6, 6.07) is 9.83. The molecule has 0 spiro atoms. The molecule has 7 nitrogen and oxygen atoms in total. The maximum atomic E-state index is 9.49. The molecule has 0 aliphatic heterocycles. The summed E-state index contributed by atoms with van der Waals surface area (Å²) in [6.07, 6.45) is 0.698. The van der Waals surface area contributed by atoms with Crippen molar-refractivity contribution in [3.8, 4) is 33.8 Å². The Hall–Kier alpha value is -3.28. The number of nitrogen functional groups attached to an aromatic ring is 1. The summed E-state index contributed by atoms with van der Waals surface area (Å²) in [5.74, 6) is 6.57. The number of imidazole rings is 1. The molecule has 0 aliphatic rings. The number of fused-ring (bicyclic) bond motifs is 1. The Bertz CT molecular complexity index is 1180. The Morgan fingerprint density at radius 1 is 1.19 bits per heavy atom. The van der Waals surface area contributed by atoms with Crippen molar-refractivity contribution in [1.82, 2.24) is 24.5 Å². The molecule has 27 heavy (non-hydrogen) atoms. The third-order valence-corrected chi connectivity index (χ3v) is 4.93. The maximum Gasteiger partial charge on any atom is 0.186 e. The highest BCUT2D eigenvalue weighted by Gasteiger charge is 2.21. The molecule has 3 heterocycles. The smallest absolute Gasteiger partial charge is 0.186 e. The zero-order valence-electron chi connectivity index (χ0n) is 14.7. The number of aliphatic hydroxyl groups is 1. The van der Waals surface area contributed by atoms with E-state index >= 15 is 0 Å². The van der Waals surface area contributed by atoms with Crippen molar-refractivity contribution in [1.29, 1.82) is 0 Å². The van der Waals surface area contributed by atoms with Crippen LogP contribution < -0.4 is 5.73 Å². The van der Waals surface area contributed by atoms with E-state index in [-0.39, 0.29) is 0 Å². The molecule has 0 aliphatic carbocycles. The Morgan fingerprint density at radius 2 is 1.96 bits per heavy atom. The minimum atomic E-state index is -0.733. The van der Waals surface area contributed by atoms with Crippen molar-refractivity contribution in [2.45, 2.75) is 13.0 Å². The molecule has 1 atom stereocenters. The van der Waals surface area contributed by atoms with E-state index in [2.05, 4.69) is 26.8 Å². The minimum Gasteiger partial charge on any atom is -0.382 e. The lowest BCUT2D eigenvalue weighted by molar-refractivity contribution is 0.253. The fourth-order valence-corrected chi connectivity index (χ4v) is 3.69. The van der Waals surface area contributed by atoms with Gasteiger partial charge in [-0.25, -0.2) is 19.9 Å². The third-order valence-electron chi connectivity index (χ3n) is 3.96. The van der Waals surface area contributed by atoms with Crippen LogP contribution >= 0.6 is 11.3 Å². The molecule has 1 aromatic carbocycles. The Balaban J connectivity index is 1.97. The van der Waals surface area contributed by atoms with Crippen molar-refractivity contribution < 1.29 is 5.11 Å². The summed E-state index contributed by atoms with van der Waals surface area (Å²) >= 11 is 1.42. The minimum absolute atomic E-state index is 0.347. The summed E-state index contributed by atoms with van der Waals surface area (Å²) in [7, 11) is 1.88. The predicted octanol–water partition coefficient (Wildman–Crippen LogP) is 2.47. The molecular formula is C19H16N6OS. The Kier molecular flexibility index (Phi) is 4.32. The van der Waals surface area contributed by atoms with Crippen LogP contribution in [0, 0.1) is 11.8 Å². The number of aromatic nitrogens is 5. The lowest BCUT2D eigenvalue weighted by atomic mass is 10.1. The highest BCUT2D eigenvalue weighted by molar-refractivity contribution is 7.21. The van der Waals surface area contributed by atoms with Crippen LogP contribution in [0.5, 0.6) is 0 Å². The van der Waals surface area contributed by atoms with Crippen LogP contribution in [0.1, 0.15) is 12.7 Å². The third kappa shape index (κ3) is 3.14. The van der Waals surface area contributed by atoms with Crippen molar-refractivity contribution in [3.05, 3.63) is 42.5 Å². The molecule has 0 radical (unpaired) electrons. The van der Waals surface area contributed by atoms with Crippen molar-refractivity contribution in [2.75, 3.05) is 5.73 Å². The fourth-order valence-electron chi connectivity index (χ4n) is 2.69. The summed E-state index contributed by atoms with van der Waals surface area (Å²) in [5, 5.41) is 10.2. The number of thiazole rings is 1. The molecule has 8 heteroatoms. The summed E-state index contributed by atoms with van der Waals surface area (Å²) < 4.78 is 1.87. The SMILES string of the molecule is CC(O)C#Cc1nc(-c2ccccc2)c(-c2nc3c(N)ncnc3s2)n1C. The van der Waals surface area contributed by atoms with Gasteiger partial charge in [-0.2, -0.15) is 0 Å². The van der Waals surface area contributed by atoms with Gasteiger partial charge in [-0.15, -0.1) is 0 Å². The first-order chi connectivity index (χ1) is 13.0. The molecule has 0 saturated heterocycles. The normalized spacial score (nSPS) is 12.0. The number of nitrogens with two attached hydrogens (primary N) is 1. The molecule has 0 saturated carbocycles. The van der Waals surface area contributed by atoms with Gasteiger partial charge in [-0.1, -0.05) is 47.6 Å². The molecule has 0 amide bonds. The first-order valence-electron chi connectivity index (χ1n) is 8.23. The van der Waals surface area contributed by atoms with E-state index in [0.29, 0.717) is 22.0 Å². The Morgan fingerprint density at radius 3 is 2.67 bits per heavy atom. The van der Waals surface area contributed by atoms with Crippen LogP contribution in [-0.2, 0) is 7.05 Å². The average molecular weight is 376 g/mol. The number of nitrogens with zero attached hydrogens (tertiary/aromatic N) is 5. The van der Waals surface area contributed by atoms with Crippen LogP contribution in [0.4, 0.5) is 5.82 Å². The Labute approximate surface area is 159 Å². The molecule has 0 bridgehead atoms. The van der Waals surface area contributed by atoms with Crippen LogP contribution in [0.25, 0.3) is 32.3 Å². The van der Waals surface area contributed by atoms with E-state index in [0.717, 1.165) is 22.0 Å². The van der Waals surface area contributed by atoms with E-state index < -0.39 is 6.10 Å². The lowest BCUT2D eigenvalue weighted by Gasteiger charge is -2.03. The molecule has 1 unspecified atom stereocenters. The van der Waals surface area contributed by atoms with Crippen molar-refractivity contribution in [2.24, 2.45) is 7.05 Å². The first kappa shape index (κ1) is 17.1. The zero-order valence-corrected chi connectivity index (χ0v) is 15.5. The van der Waals surface area contributed by atoms with Gasteiger partial charge >= 0.3 is 0 Å². The van der Waals surface area contributed by atoms with E-state index in [1.807, 2.05) is 41.9 Å². The van der Waals surface area contributed by atoms with E-state index in [4.69, 9.17) is 10.7 Å². The van der Waals surface area contributed by atoms with Crippen LogP contribution in [0.2, 0.25) is 0 Å². The summed E-state index contributed by atoms with van der Waals surface area (Å²) in [6.45, 7) is 1.62. The molecule has 4 rings (SSSR count). The molecule has 0 fully saturated rings. The van der Waals surface area contributed by atoms with Gasteiger partial charge in [0.05, 0.1) is 0 Å². The zero-order chi connectivity index (χ0) is 19.0. The van der Waals surface area contributed by atoms with E-state index in [1.165, 1.54) is 17.7 Å². The van der Waals surface area contributed by atoms with Crippen molar-refractivity contribution >= 4 is 27.5 Å². The fraction of sp³-hybridized carbons (Fsp3) is 0.158. The van der Waals surface area contributed by atoms with Gasteiger partial charge in [0.1, 0.15) is 39.2 Å². The highest BCUT2D eigenvalue weighted by Crippen LogP contribution is 2.36. The molecular weight excluding hydrogens is 360 g/mol. The van der Waals surface area contributed by atoms with Crippen molar-refractivity contribution in [3.63, 3.8) is 0 Å². The molecule has 3 aromatic heterocycles. The quantitative estimate of drug-likeness (QED) is 0.521. The number of benzene rings is 1. The second kappa shape index (κ2) is 6.79. The van der Waals surface area contributed by atoms with Gasteiger partial charge in [0, 0.05) is 12.6 Å². The molecule has 3 N–H and O–H groups in total. The number of aliphatic hydroxyl groups excluding tert-OH is 1. The van der Waals surface area contributed by atoms with E-state index in [1.54, 1.807) is 6.92 Å². The predicted molar refractivity (Wildman–Crippen MR) is 106 cm³/mol. The summed E-state index contributed by atoms with van der Waals surface area (Å²) in [4.78, 5) is 18.3. The number of rotatable bonds is 2. The lowest BCUT2D eigenvalue weighted by Crippen LogP contribution is -1.98. The van der Waals surface area contributed by atoms with Crippen LogP contribution in [0.3, 0.4) is 0 Å². The van der Waals surface area contributed by atoms with Crippen LogP contribution in [-0.4, -0.2) is 35.7 Å². The standard InChI is InChI=1S/C19H16N6OS/c1-11(26)8-9-13-23-14(12-6-4-3-5-7-12)16(25(13)2)19-24-15-17(20)21-10-22-18(15)27-19/h3-7,10-11,26H,1-2H3,(H2,20,21,22). The first-order valence-corrected chi connectivity index (χ1v) is 9.05. The molecule has 4 aromatic rings. The van der Waals surface area contributed by atoms with Gasteiger partial charge < -0.3 is 15.4 Å². The topological polar surface area (TPSA) is 103 Å². The van der Waals surface area contributed by atoms with Crippen LogP contribution in [0.15, 0.2) is 36.7 Å². The largest absolute Gasteiger partial charge is 0.382 e. The van der Waals surface area contributed by atoms with Gasteiger partial charge in [0.15, 0.2) is 11.6 Å². The number of anilines is 1. The second-order valence-electron chi connectivity index (χ2n) is 5.93. The highest BCUT2D eigenvalue weighted by atomic mass is 32.1. The maximum absolute atomic E-state index is 9.49. The van der Waals surface area contributed by atoms with Gasteiger partial charge in [-0.3, -0.25) is 0 Å². The van der Waals surface area contributed by atoms with Gasteiger partial charge in [-0.05, 0) is 12.8 Å². The average Bonchev–Trinajstić information content (AvgIpc) is 3.22. The number of hydrogen-bond donors (Lipinski definition) is 2. The summed E-state index contributed by atoms with van der Waals surface area (Å²) in [5.41, 5.74) is 9.05. The van der Waals surface area contributed by atoms with Gasteiger partial charge in [0.2, 0.25) is 0 Å². The van der Waals surface area contributed by atoms with Gasteiger partial charge in [0.25, 0.3) is 0 Å². The second-order valence-corrected chi connectivity index (χ2v) is 6.91.